The lowest BCUT2D eigenvalue weighted by Crippen LogP contribution is -2.05. The van der Waals surface area contributed by atoms with Gasteiger partial charge in [0.25, 0.3) is 0 Å². The lowest BCUT2D eigenvalue weighted by molar-refractivity contribution is 0.339. The molecule has 0 saturated carbocycles. The number of benzene rings is 1. The van der Waals surface area contributed by atoms with E-state index >= 15 is 0 Å². The van der Waals surface area contributed by atoms with E-state index in [1.807, 2.05) is 6.92 Å². The van der Waals surface area contributed by atoms with Crippen molar-refractivity contribution in [3.05, 3.63) is 40.7 Å². The van der Waals surface area contributed by atoms with Gasteiger partial charge in [-0.1, -0.05) is 6.92 Å². The fraction of sp³-hybridized carbons (Fsp3) is 0.467. The Morgan fingerprint density at radius 2 is 1.95 bits per heavy atom. The third-order valence-corrected chi connectivity index (χ3v) is 3.35. The van der Waals surface area contributed by atoms with Crippen LogP contribution in [0.3, 0.4) is 0 Å². The first-order valence-electron chi connectivity index (χ1n) is 6.70. The van der Waals surface area contributed by atoms with E-state index in [0.717, 1.165) is 17.9 Å². The second-order valence-electron chi connectivity index (χ2n) is 4.97. The molecule has 0 aliphatic rings. The van der Waals surface area contributed by atoms with Gasteiger partial charge in [-0.25, -0.2) is 0 Å². The van der Waals surface area contributed by atoms with E-state index in [9.17, 15) is 0 Å². The number of rotatable bonds is 5. The summed E-state index contributed by atoms with van der Waals surface area (Å²) >= 11 is 0. The number of aromatic amines is 1. The Hall–Kier alpha value is -1.84. The maximum Gasteiger partial charge on any atom is 0.119 e. The molecular weight excluding hydrogens is 238 g/mol. The summed E-state index contributed by atoms with van der Waals surface area (Å²) in [4.78, 5) is 0. The SMILES string of the molecule is CCOc1cc(C)c(C(C)Cc2cn[nH]n2)c(C)c1. The highest BCUT2D eigenvalue weighted by atomic mass is 16.5. The summed E-state index contributed by atoms with van der Waals surface area (Å²) < 4.78 is 5.58. The second kappa shape index (κ2) is 5.87. The van der Waals surface area contributed by atoms with E-state index in [4.69, 9.17) is 4.74 Å². The minimum absolute atomic E-state index is 0.417. The van der Waals surface area contributed by atoms with Crippen molar-refractivity contribution in [2.24, 2.45) is 0 Å². The molecule has 1 atom stereocenters. The van der Waals surface area contributed by atoms with Crippen LogP contribution >= 0.6 is 0 Å². The van der Waals surface area contributed by atoms with Crippen LogP contribution in [0.2, 0.25) is 0 Å². The molecule has 19 heavy (non-hydrogen) atoms. The van der Waals surface area contributed by atoms with Crippen LogP contribution in [0.4, 0.5) is 0 Å². The number of nitrogens with one attached hydrogen (secondary N) is 1. The Bertz CT molecular complexity index is 511. The summed E-state index contributed by atoms with van der Waals surface area (Å²) in [6.07, 6.45) is 2.68. The first-order chi connectivity index (χ1) is 9.11. The fourth-order valence-electron chi connectivity index (χ4n) is 2.70. The lowest BCUT2D eigenvalue weighted by atomic mass is 9.89. The van der Waals surface area contributed by atoms with Gasteiger partial charge < -0.3 is 4.74 Å². The molecule has 0 amide bonds. The van der Waals surface area contributed by atoms with Gasteiger partial charge in [0, 0.05) is 0 Å². The van der Waals surface area contributed by atoms with E-state index in [2.05, 4.69) is 48.3 Å². The van der Waals surface area contributed by atoms with Crippen molar-refractivity contribution < 1.29 is 4.74 Å². The highest BCUT2D eigenvalue weighted by molar-refractivity contribution is 5.43. The first kappa shape index (κ1) is 13.6. The zero-order valence-electron chi connectivity index (χ0n) is 12.0. The van der Waals surface area contributed by atoms with Crippen LogP contribution in [0.5, 0.6) is 5.75 Å². The zero-order chi connectivity index (χ0) is 13.8. The van der Waals surface area contributed by atoms with Gasteiger partial charge in [0.2, 0.25) is 0 Å². The molecule has 0 fully saturated rings. The largest absolute Gasteiger partial charge is 0.494 e. The van der Waals surface area contributed by atoms with Crippen molar-refractivity contribution >= 4 is 0 Å². The normalized spacial score (nSPS) is 12.4. The minimum atomic E-state index is 0.417. The number of H-pyrrole nitrogens is 1. The molecule has 0 aliphatic carbocycles. The average molecular weight is 259 g/mol. The van der Waals surface area contributed by atoms with Gasteiger partial charge in [-0.3, -0.25) is 0 Å². The van der Waals surface area contributed by atoms with Crippen LogP contribution < -0.4 is 4.74 Å². The lowest BCUT2D eigenvalue weighted by Gasteiger charge is -2.18. The maximum atomic E-state index is 5.58. The van der Waals surface area contributed by atoms with E-state index in [0.29, 0.717) is 12.5 Å². The Morgan fingerprint density at radius 1 is 1.26 bits per heavy atom. The summed E-state index contributed by atoms with van der Waals surface area (Å²) in [6, 6.07) is 4.23. The molecule has 4 heteroatoms. The Kier molecular flexibility index (Phi) is 4.20. The summed E-state index contributed by atoms with van der Waals surface area (Å²) in [7, 11) is 0. The van der Waals surface area contributed by atoms with Gasteiger partial charge in [-0.05, 0) is 61.9 Å². The summed E-state index contributed by atoms with van der Waals surface area (Å²) in [5.41, 5.74) is 4.94. The van der Waals surface area contributed by atoms with Crippen LogP contribution in [0.25, 0.3) is 0 Å². The van der Waals surface area contributed by atoms with E-state index in [1.165, 1.54) is 16.7 Å². The molecule has 1 aromatic carbocycles. The maximum absolute atomic E-state index is 5.58. The van der Waals surface area contributed by atoms with Crippen molar-refractivity contribution in [3.63, 3.8) is 0 Å². The summed E-state index contributed by atoms with van der Waals surface area (Å²) in [5.74, 6) is 1.37. The molecular formula is C15H21N3O. The predicted octanol–water partition coefficient (Wildman–Crippen LogP) is 3.17. The van der Waals surface area contributed by atoms with Gasteiger partial charge in [-0.2, -0.15) is 15.4 Å². The Morgan fingerprint density at radius 3 is 2.47 bits per heavy atom. The van der Waals surface area contributed by atoms with Crippen molar-refractivity contribution in [1.29, 1.82) is 0 Å². The molecule has 0 spiro atoms. The molecule has 1 heterocycles. The summed E-state index contributed by atoms with van der Waals surface area (Å²) in [6.45, 7) is 9.22. The quantitative estimate of drug-likeness (QED) is 0.897. The second-order valence-corrected chi connectivity index (χ2v) is 4.97. The Labute approximate surface area is 114 Å². The van der Waals surface area contributed by atoms with Crippen LogP contribution in [0.15, 0.2) is 18.3 Å². The number of hydrogen-bond donors (Lipinski definition) is 1. The van der Waals surface area contributed by atoms with Gasteiger partial charge in [0.15, 0.2) is 0 Å². The van der Waals surface area contributed by atoms with Crippen LogP contribution in [-0.2, 0) is 6.42 Å². The first-order valence-corrected chi connectivity index (χ1v) is 6.70. The summed E-state index contributed by atoms with van der Waals surface area (Å²) in [5, 5.41) is 10.6. The molecule has 4 nitrogen and oxygen atoms in total. The van der Waals surface area contributed by atoms with Crippen LogP contribution in [-0.4, -0.2) is 22.0 Å². The molecule has 0 radical (unpaired) electrons. The van der Waals surface area contributed by atoms with Crippen LogP contribution in [0, 0.1) is 13.8 Å². The van der Waals surface area contributed by atoms with Gasteiger partial charge in [-0.15, -0.1) is 0 Å². The third kappa shape index (κ3) is 3.13. The van der Waals surface area contributed by atoms with Crippen LogP contribution in [0.1, 0.15) is 42.1 Å². The number of aryl methyl sites for hydroxylation is 2. The standard InChI is InChI=1S/C15H21N3O/c1-5-19-14-7-11(3)15(12(4)8-14)10(2)6-13-9-16-18-17-13/h7-10H,5-6H2,1-4H3,(H,16,17,18). The van der Waals surface area contributed by atoms with Gasteiger partial charge in [0.05, 0.1) is 18.5 Å². The fourth-order valence-corrected chi connectivity index (χ4v) is 2.70. The molecule has 0 saturated heterocycles. The van der Waals surface area contributed by atoms with E-state index in [-0.39, 0.29) is 0 Å². The highest BCUT2D eigenvalue weighted by Crippen LogP contribution is 2.29. The van der Waals surface area contributed by atoms with E-state index < -0.39 is 0 Å². The van der Waals surface area contributed by atoms with Crippen molar-refractivity contribution in [2.75, 3.05) is 6.61 Å². The molecule has 1 unspecified atom stereocenters. The van der Waals surface area contributed by atoms with Crippen molar-refractivity contribution in [3.8, 4) is 5.75 Å². The minimum Gasteiger partial charge on any atom is -0.494 e. The number of ether oxygens (including phenoxy) is 1. The topological polar surface area (TPSA) is 50.8 Å². The molecule has 102 valence electrons. The smallest absolute Gasteiger partial charge is 0.119 e. The molecule has 0 bridgehead atoms. The van der Waals surface area contributed by atoms with Crippen molar-refractivity contribution in [1.82, 2.24) is 15.4 Å². The molecule has 0 aliphatic heterocycles. The number of aromatic nitrogens is 3. The molecule has 2 rings (SSSR count). The number of hydrogen-bond acceptors (Lipinski definition) is 3. The van der Waals surface area contributed by atoms with Crippen molar-refractivity contribution in [2.45, 2.75) is 40.0 Å². The van der Waals surface area contributed by atoms with Gasteiger partial charge in [0.1, 0.15) is 5.75 Å². The Balaban J connectivity index is 2.23. The molecule has 1 N–H and O–H groups in total. The molecule has 1 aromatic heterocycles. The number of nitrogens with zero attached hydrogens (tertiary/aromatic N) is 2. The van der Waals surface area contributed by atoms with E-state index in [1.54, 1.807) is 6.20 Å². The highest BCUT2D eigenvalue weighted by Gasteiger charge is 2.14. The predicted molar refractivity (Wildman–Crippen MR) is 75.6 cm³/mol. The third-order valence-electron chi connectivity index (χ3n) is 3.35. The zero-order valence-corrected chi connectivity index (χ0v) is 12.0. The average Bonchev–Trinajstić information content (AvgIpc) is 2.81. The van der Waals surface area contributed by atoms with Gasteiger partial charge >= 0.3 is 0 Å². The molecule has 2 aromatic rings. The monoisotopic (exact) mass is 259 g/mol.